The molecule has 0 bridgehead atoms. The minimum Gasteiger partial charge on any atom is -0.481 e. The van der Waals surface area contributed by atoms with Gasteiger partial charge < -0.3 is 5.11 Å². The summed E-state index contributed by atoms with van der Waals surface area (Å²) in [4.78, 5) is 10.6. The Bertz CT molecular complexity index is 243. The number of carboxylic acid groups (broad SMARTS) is 1. The van der Waals surface area contributed by atoms with Crippen LogP contribution >= 0.6 is 11.6 Å². The van der Waals surface area contributed by atoms with Crippen molar-refractivity contribution in [2.45, 2.75) is 13.8 Å². The van der Waals surface area contributed by atoms with Gasteiger partial charge in [0.05, 0.1) is 5.92 Å². The van der Waals surface area contributed by atoms with Crippen LogP contribution in [-0.4, -0.2) is 11.1 Å². The topological polar surface area (TPSA) is 37.3 Å². The molecular formula is C8H10ClFO2. The van der Waals surface area contributed by atoms with Crippen molar-refractivity contribution in [2.24, 2.45) is 17.3 Å². The molecule has 0 radical (unpaired) electrons. The van der Waals surface area contributed by atoms with E-state index in [1.54, 1.807) is 13.8 Å². The van der Waals surface area contributed by atoms with Crippen LogP contribution in [0.25, 0.3) is 0 Å². The predicted molar refractivity (Wildman–Crippen MR) is 43.4 cm³/mol. The van der Waals surface area contributed by atoms with Crippen LogP contribution in [0.4, 0.5) is 4.39 Å². The van der Waals surface area contributed by atoms with Crippen molar-refractivity contribution in [1.82, 2.24) is 0 Å². The molecule has 2 atom stereocenters. The van der Waals surface area contributed by atoms with E-state index in [4.69, 9.17) is 16.7 Å². The Hall–Kier alpha value is -0.570. The second-order valence-corrected chi connectivity index (χ2v) is 3.98. The molecule has 0 heterocycles. The summed E-state index contributed by atoms with van der Waals surface area (Å²) in [6.45, 7) is 3.57. The number of carboxylic acids is 1. The smallest absolute Gasteiger partial charge is 0.307 e. The minimum absolute atomic E-state index is 0.271. The van der Waals surface area contributed by atoms with E-state index in [1.807, 2.05) is 0 Å². The summed E-state index contributed by atoms with van der Waals surface area (Å²) >= 11 is 5.01. The van der Waals surface area contributed by atoms with Gasteiger partial charge in [-0.25, -0.2) is 0 Å². The summed E-state index contributed by atoms with van der Waals surface area (Å²) in [5, 5.41) is 7.86. The molecule has 0 unspecified atom stereocenters. The average molecular weight is 193 g/mol. The molecule has 0 aromatic rings. The number of halogens is 2. The summed E-state index contributed by atoms with van der Waals surface area (Å²) in [7, 11) is 0. The Balaban J connectivity index is 2.73. The predicted octanol–water partition coefficient (Wildman–Crippen LogP) is 2.39. The third-order valence-corrected chi connectivity index (χ3v) is 2.61. The number of rotatable bonds is 2. The molecule has 0 amide bonds. The lowest BCUT2D eigenvalue weighted by Crippen LogP contribution is -2.02. The maximum Gasteiger partial charge on any atom is 0.307 e. The molecule has 0 aromatic carbocycles. The molecule has 1 aliphatic rings. The van der Waals surface area contributed by atoms with Crippen molar-refractivity contribution in [3.63, 3.8) is 0 Å². The zero-order valence-electron chi connectivity index (χ0n) is 6.84. The molecule has 4 heteroatoms. The van der Waals surface area contributed by atoms with E-state index in [0.29, 0.717) is 0 Å². The summed E-state index contributed by atoms with van der Waals surface area (Å²) < 4.78 is 12.2. The zero-order valence-corrected chi connectivity index (χ0v) is 7.60. The van der Waals surface area contributed by atoms with Gasteiger partial charge in [-0.05, 0) is 11.5 Å². The van der Waals surface area contributed by atoms with Crippen LogP contribution in [0.15, 0.2) is 11.4 Å². The number of carbonyl (C=O) groups is 1. The lowest BCUT2D eigenvalue weighted by Gasteiger charge is -1.95. The highest BCUT2D eigenvalue weighted by atomic mass is 35.5. The molecule has 68 valence electrons. The van der Waals surface area contributed by atoms with Crippen molar-refractivity contribution in [1.29, 1.82) is 0 Å². The van der Waals surface area contributed by atoms with Crippen molar-refractivity contribution in [2.75, 3.05) is 0 Å². The minimum atomic E-state index is -0.890. The van der Waals surface area contributed by atoms with Gasteiger partial charge in [0.15, 0.2) is 5.29 Å². The molecule has 1 rings (SSSR count). The van der Waals surface area contributed by atoms with Crippen LogP contribution in [0.2, 0.25) is 0 Å². The van der Waals surface area contributed by atoms with Gasteiger partial charge in [-0.15, -0.1) is 0 Å². The summed E-state index contributed by atoms with van der Waals surface area (Å²) in [5.74, 6) is -1.66. The van der Waals surface area contributed by atoms with Gasteiger partial charge in [0, 0.05) is 5.92 Å². The highest BCUT2D eigenvalue weighted by Gasteiger charge is 2.61. The van der Waals surface area contributed by atoms with Gasteiger partial charge >= 0.3 is 5.97 Å². The van der Waals surface area contributed by atoms with E-state index < -0.39 is 17.2 Å². The zero-order chi connectivity index (χ0) is 9.52. The highest BCUT2D eigenvalue weighted by molar-refractivity contribution is 6.28. The van der Waals surface area contributed by atoms with E-state index in [9.17, 15) is 9.18 Å². The normalized spacial score (nSPS) is 33.2. The maximum atomic E-state index is 12.2. The lowest BCUT2D eigenvalue weighted by molar-refractivity contribution is -0.139. The van der Waals surface area contributed by atoms with Gasteiger partial charge in [-0.3, -0.25) is 4.79 Å². The van der Waals surface area contributed by atoms with Crippen LogP contribution in [0, 0.1) is 17.3 Å². The van der Waals surface area contributed by atoms with Crippen molar-refractivity contribution >= 4 is 17.6 Å². The van der Waals surface area contributed by atoms with Crippen LogP contribution in [0.5, 0.6) is 0 Å². The maximum absolute atomic E-state index is 12.2. The summed E-state index contributed by atoms with van der Waals surface area (Å²) in [6.07, 6.45) is 1.17. The standard InChI is InChI=1S/C8H10ClFO2/c1-8(2)4(3-5(9)10)6(8)7(11)12/h3-4,6H,1-2H3,(H,11,12)/t4-,6+/m1/s1. The van der Waals surface area contributed by atoms with Gasteiger partial charge in [0.2, 0.25) is 0 Å². The molecule has 0 aromatic heterocycles. The molecule has 12 heavy (non-hydrogen) atoms. The molecule has 1 saturated carbocycles. The van der Waals surface area contributed by atoms with Gasteiger partial charge in [0.25, 0.3) is 0 Å². The van der Waals surface area contributed by atoms with E-state index >= 15 is 0 Å². The first-order chi connectivity index (χ1) is 5.37. The Morgan fingerprint density at radius 1 is 1.67 bits per heavy atom. The van der Waals surface area contributed by atoms with Crippen molar-refractivity contribution in [3.8, 4) is 0 Å². The van der Waals surface area contributed by atoms with Crippen molar-refractivity contribution in [3.05, 3.63) is 11.4 Å². The van der Waals surface area contributed by atoms with E-state index in [1.165, 1.54) is 6.08 Å². The first-order valence-corrected chi connectivity index (χ1v) is 4.01. The molecule has 0 spiro atoms. The van der Waals surface area contributed by atoms with Crippen LogP contribution < -0.4 is 0 Å². The summed E-state index contributed by atoms with van der Waals surface area (Å²) in [5.41, 5.74) is -0.363. The Morgan fingerprint density at radius 2 is 2.17 bits per heavy atom. The van der Waals surface area contributed by atoms with Crippen LogP contribution in [0.1, 0.15) is 13.8 Å². The molecule has 1 aliphatic carbocycles. The quantitative estimate of drug-likeness (QED) is 0.730. The lowest BCUT2D eigenvalue weighted by atomic mass is 10.1. The number of aliphatic carboxylic acids is 1. The van der Waals surface area contributed by atoms with Gasteiger partial charge in [-0.1, -0.05) is 25.4 Å². The molecule has 1 fully saturated rings. The van der Waals surface area contributed by atoms with E-state index in [0.717, 1.165) is 0 Å². The fourth-order valence-corrected chi connectivity index (χ4v) is 1.73. The molecule has 0 aliphatic heterocycles. The Labute approximate surface area is 75.0 Å². The van der Waals surface area contributed by atoms with E-state index in [-0.39, 0.29) is 11.3 Å². The highest BCUT2D eigenvalue weighted by Crippen LogP contribution is 2.59. The number of hydrogen-bond acceptors (Lipinski definition) is 1. The SMILES string of the molecule is CC1(C)[C@H](C=C(F)Cl)[C@H]1C(=O)O. The van der Waals surface area contributed by atoms with Gasteiger partial charge in [0.1, 0.15) is 0 Å². The average Bonchev–Trinajstić information content (AvgIpc) is 2.32. The fourth-order valence-electron chi connectivity index (χ4n) is 1.60. The third kappa shape index (κ3) is 1.46. The Morgan fingerprint density at radius 3 is 2.42 bits per heavy atom. The first-order valence-electron chi connectivity index (χ1n) is 3.63. The third-order valence-electron chi connectivity index (χ3n) is 2.48. The molecular weight excluding hydrogens is 183 g/mol. The number of allylic oxidation sites excluding steroid dienone is 1. The molecule has 0 saturated heterocycles. The van der Waals surface area contributed by atoms with Crippen LogP contribution in [0.3, 0.4) is 0 Å². The fraction of sp³-hybridized carbons (Fsp3) is 0.625. The molecule has 2 nitrogen and oxygen atoms in total. The number of hydrogen-bond donors (Lipinski definition) is 1. The van der Waals surface area contributed by atoms with Gasteiger partial charge in [-0.2, -0.15) is 4.39 Å². The molecule has 1 N–H and O–H groups in total. The van der Waals surface area contributed by atoms with Crippen LogP contribution in [-0.2, 0) is 4.79 Å². The first kappa shape index (κ1) is 9.52. The monoisotopic (exact) mass is 192 g/mol. The largest absolute Gasteiger partial charge is 0.481 e. The van der Waals surface area contributed by atoms with E-state index in [2.05, 4.69) is 0 Å². The van der Waals surface area contributed by atoms with Crippen molar-refractivity contribution < 1.29 is 14.3 Å². The second kappa shape index (κ2) is 2.73. The summed E-state index contributed by atoms with van der Waals surface area (Å²) in [6, 6.07) is 0. The second-order valence-electron chi connectivity index (χ2n) is 3.62. The Kier molecular flexibility index (Phi) is 2.17.